The number of thioether (sulfide) groups is 1. The lowest BCUT2D eigenvalue weighted by Crippen LogP contribution is -2.19. The minimum absolute atomic E-state index is 0.0121. The number of carbonyl (C=O) groups excluding carboxylic acids is 1. The average molecular weight is 395 g/mol. The minimum Gasteiger partial charge on any atom is -0.293 e. The normalized spacial score (nSPS) is 11.0. The summed E-state index contributed by atoms with van der Waals surface area (Å²) in [5, 5.41) is 3.03. The molecule has 0 bridgehead atoms. The fourth-order valence-corrected chi connectivity index (χ4v) is 3.89. The molecule has 0 saturated carbocycles. The van der Waals surface area contributed by atoms with E-state index in [1.807, 2.05) is 17.5 Å². The van der Waals surface area contributed by atoms with E-state index in [4.69, 9.17) is 0 Å². The Morgan fingerprint density at radius 3 is 2.77 bits per heavy atom. The first kappa shape index (κ1) is 15.5. The van der Waals surface area contributed by atoms with Gasteiger partial charge in [-0.3, -0.25) is 14.2 Å². The molecule has 0 atom stereocenters. The second-order valence-corrected chi connectivity index (χ2v) is 7.37. The third-order valence-electron chi connectivity index (χ3n) is 3.16. The average Bonchev–Trinajstić information content (AvgIpc) is 2.98. The maximum atomic E-state index is 12.2. The Labute approximate surface area is 143 Å². The highest BCUT2D eigenvalue weighted by Crippen LogP contribution is 2.21. The summed E-state index contributed by atoms with van der Waals surface area (Å²) in [4.78, 5) is 29.5. The van der Waals surface area contributed by atoms with E-state index in [0.29, 0.717) is 20.9 Å². The molecule has 0 radical (unpaired) electrons. The largest absolute Gasteiger partial charge is 0.293 e. The lowest BCUT2D eigenvalue weighted by molar-refractivity contribution is 0.102. The van der Waals surface area contributed by atoms with Crippen molar-refractivity contribution in [3.8, 4) is 0 Å². The Morgan fingerprint density at radius 1 is 1.32 bits per heavy atom. The van der Waals surface area contributed by atoms with Gasteiger partial charge in [-0.2, -0.15) is 0 Å². The summed E-state index contributed by atoms with van der Waals surface area (Å²) in [7, 11) is 1.68. The Bertz CT molecular complexity index is 900. The molecule has 0 aliphatic carbocycles. The van der Waals surface area contributed by atoms with E-state index in [9.17, 15) is 9.59 Å². The molecule has 2 heterocycles. The Hall–Kier alpha value is -1.44. The molecular formula is C15H11BrN2O2S2. The highest BCUT2D eigenvalue weighted by molar-refractivity contribution is 9.10. The lowest BCUT2D eigenvalue weighted by atomic mass is 10.2. The van der Waals surface area contributed by atoms with Crippen LogP contribution in [0.15, 0.2) is 50.1 Å². The van der Waals surface area contributed by atoms with Crippen LogP contribution in [0.2, 0.25) is 0 Å². The molecule has 2 aromatic heterocycles. The molecule has 0 saturated heterocycles. The van der Waals surface area contributed by atoms with Crippen LogP contribution in [0.25, 0.3) is 10.2 Å². The predicted octanol–water partition coefficient (Wildman–Crippen LogP) is 3.73. The maximum Gasteiger partial charge on any atom is 0.262 e. The summed E-state index contributed by atoms with van der Waals surface area (Å²) in [6.07, 6.45) is 0. The number of hydrogen-bond donors (Lipinski definition) is 0. The second-order valence-electron chi connectivity index (χ2n) is 4.62. The van der Waals surface area contributed by atoms with Gasteiger partial charge in [-0.15, -0.1) is 11.3 Å². The molecule has 0 amide bonds. The van der Waals surface area contributed by atoms with Crippen LogP contribution in [0.4, 0.5) is 0 Å². The van der Waals surface area contributed by atoms with E-state index >= 15 is 0 Å². The highest BCUT2D eigenvalue weighted by Gasteiger charge is 2.12. The van der Waals surface area contributed by atoms with Gasteiger partial charge in [0.25, 0.3) is 5.56 Å². The van der Waals surface area contributed by atoms with Crippen molar-refractivity contribution in [1.29, 1.82) is 0 Å². The van der Waals surface area contributed by atoms with Crippen molar-refractivity contribution in [2.24, 2.45) is 7.05 Å². The fraction of sp³-hybridized carbons (Fsp3) is 0.133. The summed E-state index contributed by atoms with van der Waals surface area (Å²) < 4.78 is 2.43. The number of carbonyl (C=O) groups is 1. The van der Waals surface area contributed by atoms with Gasteiger partial charge in [0, 0.05) is 17.1 Å². The van der Waals surface area contributed by atoms with Crippen molar-refractivity contribution in [3.63, 3.8) is 0 Å². The van der Waals surface area contributed by atoms with Crippen LogP contribution in [-0.2, 0) is 7.05 Å². The first-order valence-electron chi connectivity index (χ1n) is 6.42. The first-order valence-corrected chi connectivity index (χ1v) is 9.08. The van der Waals surface area contributed by atoms with Crippen molar-refractivity contribution in [2.45, 2.75) is 5.16 Å². The zero-order chi connectivity index (χ0) is 15.7. The third kappa shape index (κ3) is 3.02. The van der Waals surface area contributed by atoms with Crippen molar-refractivity contribution in [2.75, 3.05) is 5.75 Å². The van der Waals surface area contributed by atoms with Gasteiger partial charge in [0.05, 0.1) is 11.1 Å². The summed E-state index contributed by atoms with van der Waals surface area (Å²) in [5.74, 6) is 0.261. The van der Waals surface area contributed by atoms with Crippen LogP contribution < -0.4 is 5.56 Å². The van der Waals surface area contributed by atoms with Crippen LogP contribution in [0.1, 0.15) is 10.4 Å². The quantitative estimate of drug-likeness (QED) is 0.384. The molecule has 3 aromatic rings. The molecular weight excluding hydrogens is 384 g/mol. The molecule has 112 valence electrons. The monoisotopic (exact) mass is 394 g/mol. The summed E-state index contributed by atoms with van der Waals surface area (Å²) in [6.45, 7) is 0. The van der Waals surface area contributed by atoms with E-state index in [2.05, 4.69) is 20.9 Å². The van der Waals surface area contributed by atoms with Crippen LogP contribution in [-0.4, -0.2) is 21.1 Å². The number of nitrogens with zero attached hydrogens (tertiary/aromatic N) is 2. The topological polar surface area (TPSA) is 52.0 Å². The number of rotatable bonds is 4. The van der Waals surface area contributed by atoms with E-state index in [1.165, 1.54) is 27.7 Å². The molecule has 1 aromatic carbocycles. The molecule has 4 nitrogen and oxygen atoms in total. The van der Waals surface area contributed by atoms with Crippen LogP contribution >= 0.6 is 39.0 Å². The summed E-state index contributed by atoms with van der Waals surface area (Å²) >= 11 is 6.06. The smallest absolute Gasteiger partial charge is 0.262 e. The minimum atomic E-state index is -0.0789. The molecule has 22 heavy (non-hydrogen) atoms. The van der Waals surface area contributed by atoms with Crippen molar-refractivity contribution < 1.29 is 4.79 Å². The Balaban J connectivity index is 1.81. The SMILES string of the molecule is Cn1c(SCC(=O)c2ccc(Br)cc2)nc2sccc2c1=O. The van der Waals surface area contributed by atoms with Crippen LogP contribution in [0, 0.1) is 0 Å². The molecule has 0 aliphatic rings. The van der Waals surface area contributed by atoms with E-state index in [0.717, 1.165) is 4.47 Å². The third-order valence-corrected chi connectivity index (χ3v) is 5.53. The molecule has 0 N–H and O–H groups in total. The first-order chi connectivity index (χ1) is 10.6. The number of thiophene rings is 1. The fourth-order valence-electron chi connectivity index (χ4n) is 1.96. The number of Topliss-reactive ketones (excluding diaryl/α,β-unsaturated/α-hetero) is 1. The van der Waals surface area contributed by atoms with Crippen molar-refractivity contribution in [3.05, 3.63) is 56.1 Å². The molecule has 0 aliphatic heterocycles. The Morgan fingerprint density at radius 2 is 2.05 bits per heavy atom. The number of aromatic nitrogens is 2. The van der Waals surface area contributed by atoms with Gasteiger partial charge < -0.3 is 0 Å². The van der Waals surface area contributed by atoms with E-state index in [1.54, 1.807) is 25.2 Å². The van der Waals surface area contributed by atoms with Gasteiger partial charge in [0.1, 0.15) is 4.83 Å². The van der Waals surface area contributed by atoms with Gasteiger partial charge in [-0.1, -0.05) is 39.8 Å². The van der Waals surface area contributed by atoms with Crippen LogP contribution in [0.5, 0.6) is 0 Å². The number of hydrogen-bond acceptors (Lipinski definition) is 5. The predicted molar refractivity (Wildman–Crippen MR) is 94.1 cm³/mol. The standard InChI is InChI=1S/C15H11BrN2O2S2/c1-18-14(20)11-6-7-21-13(11)17-15(18)22-8-12(19)9-2-4-10(16)5-3-9/h2-7H,8H2,1H3. The molecule has 0 fully saturated rings. The van der Waals surface area contributed by atoms with Crippen LogP contribution in [0.3, 0.4) is 0 Å². The lowest BCUT2D eigenvalue weighted by Gasteiger charge is -2.06. The van der Waals surface area contributed by atoms with E-state index < -0.39 is 0 Å². The Kier molecular flexibility index (Phi) is 4.46. The summed E-state index contributed by atoms with van der Waals surface area (Å²) in [6, 6.07) is 9.01. The van der Waals surface area contributed by atoms with Crippen molar-refractivity contribution >= 4 is 55.0 Å². The maximum absolute atomic E-state index is 12.2. The summed E-state index contributed by atoms with van der Waals surface area (Å²) in [5.41, 5.74) is 0.572. The zero-order valence-electron chi connectivity index (χ0n) is 11.6. The highest BCUT2D eigenvalue weighted by atomic mass is 79.9. The number of ketones is 1. The van der Waals surface area contributed by atoms with E-state index in [-0.39, 0.29) is 17.1 Å². The number of halogens is 1. The number of benzene rings is 1. The number of fused-ring (bicyclic) bond motifs is 1. The van der Waals surface area contributed by atoms with Gasteiger partial charge >= 0.3 is 0 Å². The van der Waals surface area contributed by atoms with Gasteiger partial charge in [-0.25, -0.2) is 4.98 Å². The van der Waals surface area contributed by atoms with Gasteiger partial charge in [0.2, 0.25) is 0 Å². The molecule has 0 unspecified atom stereocenters. The van der Waals surface area contributed by atoms with Crippen molar-refractivity contribution in [1.82, 2.24) is 9.55 Å². The zero-order valence-corrected chi connectivity index (χ0v) is 14.8. The van der Waals surface area contributed by atoms with Gasteiger partial charge in [0.15, 0.2) is 10.9 Å². The molecule has 7 heteroatoms. The second kappa shape index (κ2) is 6.36. The molecule has 3 rings (SSSR count). The molecule has 0 spiro atoms. The van der Waals surface area contributed by atoms with Gasteiger partial charge in [-0.05, 0) is 23.6 Å².